The van der Waals surface area contributed by atoms with Crippen LogP contribution in [0.4, 0.5) is 0 Å². The summed E-state index contributed by atoms with van der Waals surface area (Å²) in [6.07, 6.45) is 8.17. The van der Waals surface area contributed by atoms with Crippen LogP contribution >= 0.6 is 0 Å². The SMILES string of the molecule is CNC1(CCN2CC(C)(C)OC(C)(C)C2)CCCCC1. The molecule has 0 aromatic heterocycles. The standard InChI is InChI=1S/C17H34N2O/c1-15(2)13-19(14-16(3,4)20-15)12-11-17(18-5)9-7-6-8-10-17/h18H,6-14H2,1-5H3. The van der Waals surface area contributed by atoms with E-state index < -0.39 is 0 Å². The molecule has 3 heteroatoms. The monoisotopic (exact) mass is 282 g/mol. The van der Waals surface area contributed by atoms with Gasteiger partial charge in [-0.05, 0) is 54.0 Å². The van der Waals surface area contributed by atoms with Gasteiger partial charge in [-0.1, -0.05) is 19.3 Å². The van der Waals surface area contributed by atoms with Crippen LogP contribution in [0.1, 0.15) is 66.2 Å². The quantitative estimate of drug-likeness (QED) is 0.857. The fraction of sp³-hybridized carbons (Fsp3) is 1.00. The van der Waals surface area contributed by atoms with Gasteiger partial charge in [0.05, 0.1) is 11.2 Å². The van der Waals surface area contributed by atoms with E-state index in [0.717, 1.165) is 13.1 Å². The molecule has 118 valence electrons. The van der Waals surface area contributed by atoms with E-state index in [4.69, 9.17) is 4.74 Å². The van der Waals surface area contributed by atoms with Gasteiger partial charge in [-0.15, -0.1) is 0 Å². The van der Waals surface area contributed by atoms with Gasteiger partial charge < -0.3 is 10.1 Å². The summed E-state index contributed by atoms with van der Waals surface area (Å²) in [5, 5.41) is 3.64. The molecule has 2 aliphatic rings. The van der Waals surface area contributed by atoms with E-state index in [-0.39, 0.29) is 11.2 Å². The Balaban J connectivity index is 1.92. The van der Waals surface area contributed by atoms with Crippen molar-refractivity contribution in [3.05, 3.63) is 0 Å². The lowest BCUT2D eigenvalue weighted by Crippen LogP contribution is -2.58. The zero-order valence-electron chi connectivity index (χ0n) is 14.2. The highest BCUT2D eigenvalue weighted by molar-refractivity contribution is 4.93. The first-order valence-electron chi connectivity index (χ1n) is 8.37. The molecule has 1 saturated heterocycles. The molecule has 2 rings (SSSR count). The Morgan fingerprint density at radius 2 is 1.50 bits per heavy atom. The summed E-state index contributed by atoms with van der Waals surface area (Å²) in [5.74, 6) is 0. The summed E-state index contributed by atoms with van der Waals surface area (Å²) in [6.45, 7) is 12.2. The van der Waals surface area contributed by atoms with E-state index in [9.17, 15) is 0 Å². The van der Waals surface area contributed by atoms with Crippen LogP contribution < -0.4 is 5.32 Å². The normalized spacial score (nSPS) is 29.2. The first-order chi connectivity index (χ1) is 9.26. The smallest absolute Gasteiger partial charge is 0.0760 e. The molecule has 0 unspecified atom stereocenters. The van der Waals surface area contributed by atoms with Crippen molar-refractivity contribution in [2.24, 2.45) is 0 Å². The van der Waals surface area contributed by atoms with Gasteiger partial charge in [0.2, 0.25) is 0 Å². The second kappa shape index (κ2) is 5.94. The van der Waals surface area contributed by atoms with Gasteiger partial charge in [0.25, 0.3) is 0 Å². The van der Waals surface area contributed by atoms with Gasteiger partial charge in [-0.2, -0.15) is 0 Å². The lowest BCUT2D eigenvalue weighted by Gasteiger charge is -2.48. The van der Waals surface area contributed by atoms with E-state index in [1.165, 1.54) is 45.1 Å². The summed E-state index contributed by atoms with van der Waals surface area (Å²) < 4.78 is 6.18. The summed E-state index contributed by atoms with van der Waals surface area (Å²) >= 11 is 0. The largest absolute Gasteiger partial charge is 0.367 e. The highest BCUT2D eigenvalue weighted by Crippen LogP contribution is 2.33. The second-order valence-corrected chi connectivity index (χ2v) is 8.17. The van der Waals surface area contributed by atoms with Crippen LogP contribution in [0, 0.1) is 0 Å². The molecule has 1 heterocycles. The van der Waals surface area contributed by atoms with Crippen LogP contribution in [-0.4, -0.2) is 48.3 Å². The molecule has 0 radical (unpaired) electrons. The Labute approximate surface area is 125 Å². The van der Waals surface area contributed by atoms with E-state index in [2.05, 4.69) is 45.0 Å². The molecule has 0 atom stereocenters. The molecule has 0 aromatic carbocycles. The molecule has 0 aromatic rings. The third-order valence-corrected chi connectivity index (χ3v) is 5.01. The van der Waals surface area contributed by atoms with Gasteiger partial charge in [0.1, 0.15) is 0 Å². The summed E-state index contributed by atoms with van der Waals surface area (Å²) in [7, 11) is 2.15. The van der Waals surface area contributed by atoms with E-state index in [1.54, 1.807) is 0 Å². The van der Waals surface area contributed by atoms with Gasteiger partial charge in [0, 0.05) is 25.2 Å². The Bertz CT molecular complexity index is 303. The first-order valence-corrected chi connectivity index (χ1v) is 8.37. The minimum absolute atomic E-state index is 0.0267. The lowest BCUT2D eigenvalue weighted by atomic mass is 9.79. The van der Waals surface area contributed by atoms with Crippen molar-refractivity contribution < 1.29 is 4.74 Å². The molecule has 0 bridgehead atoms. The first kappa shape index (κ1) is 16.3. The maximum Gasteiger partial charge on any atom is 0.0760 e. The minimum atomic E-state index is -0.0267. The van der Waals surface area contributed by atoms with Crippen molar-refractivity contribution in [2.75, 3.05) is 26.7 Å². The van der Waals surface area contributed by atoms with Gasteiger partial charge >= 0.3 is 0 Å². The summed E-state index contributed by atoms with van der Waals surface area (Å²) in [6, 6.07) is 0. The van der Waals surface area contributed by atoms with Crippen LogP contribution in [0.5, 0.6) is 0 Å². The van der Waals surface area contributed by atoms with E-state index in [0.29, 0.717) is 5.54 Å². The van der Waals surface area contributed by atoms with Crippen molar-refractivity contribution in [3.8, 4) is 0 Å². The van der Waals surface area contributed by atoms with Gasteiger partial charge in [0.15, 0.2) is 0 Å². The lowest BCUT2D eigenvalue weighted by molar-refractivity contribution is -0.181. The van der Waals surface area contributed by atoms with Crippen LogP contribution in [0.2, 0.25) is 0 Å². The molecule has 2 fully saturated rings. The molecule has 1 N–H and O–H groups in total. The van der Waals surface area contributed by atoms with Gasteiger partial charge in [-0.3, -0.25) is 4.90 Å². The molecule has 1 saturated carbocycles. The maximum absolute atomic E-state index is 6.18. The summed E-state index contributed by atoms with van der Waals surface area (Å²) in [5.41, 5.74) is 0.340. The topological polar surface area (TPSA) is 24.5 Å². The molecule has 1 aliphatic carbocycles. The zero-order valence-corrected chi connectivity index (χ0v) is 14.2. The van der Waals surface area contributed by atoms with Crippen molar-refractivity contribution in [1.82, 2.24) is 10.2 Å². The average Bonchev–Trinajstić information content (AvgIpc) is 2.34. The van der Waals surface area contributed by atoms with E-state index in [1.807, 2.05) is 0 Å². The second-order valence-electron chi connectivity index (χ2n) is 8.17. The molecule has 20 heavy (non-hydrogen) atoms. The number of morpholine rings is 1. The molecule has 0 amide bonds. The zero-order chi connectivity index (χ0) is 14.9. The fourth-order valence-electron chi connectivity index (χ4n) is 4.33. The van der Waals surface area contributed by atoms with Crippen LogP contribution in [0.3, 0.4) is 0 Å². The van der Waals surface area contributed by atoms with E-state index >= 15 is 0 Å². The number of rotatable bonds is 4. The van der Waals surface area contributed by atoms with Crippen LogP contribution in [-0.2, 0) is 4.74 Å². The highest BCUT2D eigenvalue weighted by atomic mass is 16.5. The number of nitrogens with one attached hydrogen (secondary N) is 1. The minimum Gasteiger partial charge on any atom is -0.367 e. The third kappa shape index (κ3) is 4.19. The Morgan fingerprint density at radius 3 is 2.00 bits per heavy atom. The average molecular weight is 282 g/mol. The Kier molecular flexibility index (Phi) is 4.83. The Morgan fingerprint density at radius 1 is 0.950 bits per heavy atom. The molecular weight excluding hydrogens is 248 g/mol. The number of ether oxygens (including phenoxy) is 1. The van der Waals surface area contributed by atoms with Crippen LogP contribution in [0.25, 0.3) is 0 Å². The van der Waals surface area contributed by atoms with Crippen molar-refractivity contribution in [1.29, 1.82) is 0 Å². The fourth-order valence-corrected chi connectivity index (χ4v) is 4.33. The predicted molar refractivity (Wildman–Crippen MR) is 85.2 cm³/mol. The highest BCUT2D eigenvalue weighted by Gasteiger charge is 2.39. The molecule has 3 nitrogen and oxygen atoms in total. The van der Waals surface area contributed by atoms with Crippen LogP contribution in [0.15, 0.2) is 0 Å². The molecular formula is C17H34N2O. The molecule has 0 spiro atoms. The van der Waals surface area contributed by atoms with Crippen molar-refractivity contribution in [2.45, 2.75) is 83.0 Å². The van der Waals surface area contributed by atoms with Gasteiger partial charge in [-0.25, -0.2) is 0 Å². The Hall–Kier alpha value is -0.120. The number of hydrogen-bond donors (Lipinski definition) is 1. The predicted octanol–water partition coefficient (Wildman–Crippen LogP) is 3.19. The van der Waals surface area contributed by atoms with Crippen molar-refractivity contribution >= 4 is 0 Å². The number of hydrogen-bond acceptors (Lipinski definition) is 3. The maximum atomic E-state index is 6.18. The summed E-state index contributed by atoms with van der Waals surface area (Å²) in [4.78, 5) is 2.61. The van der Waals surface area contributed by atoms with Crippen molar-refractivity contribution in [3.63, 3.8) is 0 Å². The third-order valence-electron chi connectivity index (χ3n) is 5.01. The molecule has 1 aliphatic heterocycles. The number of nitrogens with zero attached hydrogens (tertiary/aromatic N) is 1.